The molecule has 7 nitrogen and oxygen atoms in total. The molecule has 0 bridgehead atoms. The Labute approximate surface area is 144 Å². The molecule has 1 aliphatic carbocycles. The largest absolute Gasteiger partial charge is 0.497 e. The van der Waals surface area contributed by atoms with Crippen LogP contribution in [0, 0.1) is 10.1 Å². The number of nitro benzene ring substituents is 1. The quantitative estimate of drug-likeness (QED) is 0.665. The molecule has 7 heteroatoms. The number of methoxy groups -OCH3 is 2. The molecule has 1 aliphatic rings. The number of hydrogen-bond donors (Lipinski definition) is 1. The average molecular weight is 342 g/mol. The summed E-state index contributed by atoms with van der Waals surface area (Å²) >= 11 is 0. The predicted molar refractivity (Wildman–Crippen MR) is 92.3 cm³/mol. The lowest BCUT2D eigenvalue weighted by atomic mass is 10.00. The molecule has 0 aliphatic heterocycles. The molecule has 25 heavy (non-hydrogen) atoms. The van der Waals surface area contributed by atoms with E-state index in [-0.39, 0.29) is 23.2 Å². The molecule has 1 atom stereocenters. The Bertz CT molecular complexity index is 834. The molecule has 0 radical (unpaired) electrons. The minimum atomic E-state index is -0.538. The number of aryl methyl sites for hydroxylation is 1. The number of fused-ring (bicyclic) bond motifs is 1. The number of ether oxygens (including phenoxy) is 2. The molecule has 0 saturated heterocycles. The lowest BCUT2D eigenvalue weighted by Gasteiger charge is -2.14. The number of nitrogens with zero attached hydrogens (tertiary/aromatic N) is 1. The number of carbonyl (C=O) groups is 1. The van der Waals surface area contributed by atoms with Gasteiger partial charge < -0.3 is 14.8 Å². The van der Waals surface area contributed by atoms with E-state index in [2.05, 4.69) is 5.32 Å². The smallest absolute Gasteiger partial charge is 0.296 e. The van der Waals surface area contributed by atoms with Crippen LogP contribution < -0.4 is 14.8 Å². The van der Waals surface area contributed by atoms with Gasteiger partial charge in [0.2, 0.25) is 5.91 Å². The first-order valence-electron chi connectivity index (χ1n) is 7.83. The Morgan fingerprint density at radius 3 is 2.52 bits per heavy atom. The van der Waals surface area contributed by atoms with Crippen molar-refractivity contribution in [1.29, 1.82) is 0 Å². The van der Waals surface area contributed by atoms with E-state index in [4.69, 9.17) is 9.47 Å². The summed E-state index contributed by atoms with van der Waals surface area (Å²) in [7, 11) is 3.01. The van der Waals surface area contributed by atoms with E-state index in [9.17, 15) is 14.9 Å². The minimum Gasteiger partial charge on any atom is -0.497 e. The molecule has 0 spiro atoms. The van der Waals surface area contributed by atoms with Gasteiger partial charge in [-0.3, -0.25) is 14.9 Å². The van der Waals surface area contributed by atoms with E-state index in [1.807, 2.05) is 18.2 Å². The molecule has 2 aromatic carbocycles. The average Bonchev–Trinajstić information content (AvgIpc) is 3.04. The van der Waals surface area contributed by atoms with Crippen LogP contribution in [-0.4, -0.2) is 25.1 Å². The van der Waals surface area contributed by atoms with Crippen LogP contribution in [0.4, 0.5) is 11.4 Å². The van der Waals surface area contributed by atoms with Gasteiger partial charge in [-0.1, -0.05) is 6.07 Å². The van der Waals surface area contributed by atoms with Crippen LogP contribution in [0.5, 0.6) is 11.5 Å². The maximum Gasteiger partial charge on any atom is 0.296 e. The molecule has 130 valence electrons. The van der Waals surface area contributed by atoms with E-state index in [0.717, 1.165) is 17.5 Å². The first kappa shape index (κ1) is 16.8. The summed E-state index contributed by atoms with van der Waals surface area (Å²) in [6.07, 6.45) is 1.46. The van der Waals surface area contributed by atoms with Crippen molar-refractivity contribution in [2.75, 3.05) is 19.5 Å². The van der Waals surface area contributed by atoms with Crippen LogP contribution in [0.15, 0.2) is 36.4 Å². The van der Waals surface area contributed by atoms with Crippen molar-refractivity contribution in [1.82, 2.24) is 0 Å². The minimum absolute atomic E-state index is 0.159. The molecule has 0 saturated carbocycles. The third kappa shape index (κ3) is 3.26. The molecule has 0 unspecified atom stereocenters. The van der Waals surface area contributed by atoms with Crippen molar-refractivity contribution in [3.8, 4) is 11.5 Å². The number of amides is 1. The molecule has 1 N–H and O–H groups in total. The number of benzene rings is 2. The van der Waals surface area contributed by atoms with Crippen LogP contribution in [0.2, 0.25) is 0 Å². The highest BCUT2D eigenvalue weighted by atomic mass is 16.6. The number of hydrogen-bond acceptors (Lipinski definition) is 5. The van der Waals surface area contributed by atoms with Crippen molar-refractivity contribution in [3.05, 3.63) is 57.6 Å². The Kier molecular flexibility index (Phi) is 4.56. The molecule has 3 rings (SSSR count). The zero-order valence-corrected chi connectivity index (χ0v) is 13.9. The molecule has 0 heterocycles. The van der Waals surface area contributed by atoms with Crippen molar-refractivity contribution < 1.29 is 19.2 Å². The van der Waals surface area contributed by atoms with E-state index in [1.165, 1.54) is 19.2 Å². The second kappa shape index (κ2) is 6.80. The highest BCUT2D eigenvalue weighted by molar-refractivity contribution is 5.98. The van der Waals surface area contributed by atoms with Gasteiger partial charge in [-0.25, -0.2) is 0 Å². The third-order valence-electron chi connectivity index (χ3n) is 4.41. The molecular weight excluding hydrogens is 324 g/mol. The molecule has 1 amide bonds. The first-order valence-corrected chi connectivity index (χ1v) is 7.83. The van der Waals surface area contributed by atoms with Crippen LogP contribution >= 0.6 is 0 Å². The highest BCUT2D eigenvalue weighted by Gasteiger charge is 2.30. The van der Waals surface area contributed by atoms with Crippen molar-refractivity contribution >= 4 is 17.3 Å². The number of nitro groups is 1. The molecule has 0 aromatic heterocycles. The predicted octanol–water partition coefficient (Wildman–Crippen LogP) is 3.28. The summed E-state index contributed by atoms with van der Waals surface area (Å²) in [6, 6.07) is 10.0. The highest BCUT2D eigenvalue weighted by Crippen LogP contribution is 2.37. The number of rotatable bonds is 5. The summed E-state index contributed by atoms with van der Waals surface area (Å²) in [4.78, 5) is 23.4. The van der Waals surface area contributed by atoms with Gasteiger partial charge in [0.05, 0.1) is 31.1 Å². The van der Waals surface area contributed by atoms with Gasteiger partial charge >= 0.3 is 0 Å². The normalized spacial score (nSPS) is 15.4. The Morgan fingerprint density at radius 1 is 1.16 bits per heavy atom. The van der Waals surface area contributed by atoms with Crippen molar-refractivity contribution in [2.45, 2.75) is 18.8 Å². The van der Waals surface area contributed by atoms with Gasteiger partial charge in [0.25, 0.3) is 5.69 Å². The van der Waals surface area contributed by atoms with Gasteiger partial charge in [-0.15, -0.1) is 0 Å². The van der Waals surface area contributed by atoms with E-state index >= 15 is 0 Å². The second-order valence-electron chi connectivity index (χ2n) is 5.79. The Morgan fingerprint density at radius 2 is 1.84 bits per heavy atom. The molecule has 0 fully saturated rings. The molecular formula is C18H18N2O5. The van der Waals surface area contributed by atoms with Gasteiger partial charge in [0.15, 0.2) is 0 Å². The topological polar surface area (TPSA) is 90.7 Å². The van der Waals surface area contributed by atoms with Gasteiger partial charge in [0.1, 0.15) is 17.2 Å². The van der Waals surface area contributed by atoms with Crippen LogP contribution in [0.25, 0.3) is 0 Å². The maximum atomic E-state index is 12.7. The Hall–Kier alpha value is -3.09. The van der Waals surface area contributed by atoms with E-state index < -0.39 is 4.92 Å². The van der Waals surface area contributed by atoms with Gasteiger partial charge in [-0.05, 0) is 48.2 Å². The van der Waals surface area contributed by atoms with Gasteiger partial charge in [-0.2, -0.15) is 0 Å². The second-order valence-corrected chi connectivity index (χ2v) is 5.79. The summed E-state index contributed by atoms with van der Waals surface area (Å²) in [5.41, 5.74) is 1.97. The monoisotopic (exact) mass is 342 g/mol. The SMILES string of the molecule is COc1ccc2c(c1)[C@@H](C(=O)Nc1ccc(OC)cc1[N+](=O)[O-])CC2. The zero-order chi connectivity index (χ0) is 18.0. The summed E-state index contributed by atoms with van der Waals surface area (Å²) in [5, 5.41) is 13.9. The number of nitrogens with one attached hydrogen (secondary N) is 1. The van der Waals surface area contributed by atoms with Crippen LogP contribution in [0.3, 0.4) is 0 Å². The lowest BCUT2D eigenvalue weighted by molar-refractivity contribution is -0.384. The lowest BCUT2D eigenvalue weighted by Crippen LogP contribution is -2.20. The molecule has 2 aromatic rings. The summed E-state index contributed by atoms with van der Waals surface area (Å²) in [5.74, 6) is 0.432. The number of carbonyl (C=O) groups excluding carboxylic acids is 1. The van der Waals surface area contributed by atoms with E-state index in [1.54, 1.807) is 13.2 Å². The summed E-state index contributed by atoms with van der Waals surface area (Å²) in [6.45, 7) is 0. The van der Waals surface area contributed by atoms with Gasteiger partial charge in [0, 0.05) is 0 Å². The Balaban J connectivity index is 1.86. The number of anilines is 1. The van der Waals surface area contributed by atoms with E-state index in [0.29, 0.717) is 17.9 Å². The summed E-state index contributed by atoms with van der Waals surface area (Å²) < 4.78 is 10.2. The first-order chi connectivity index (χ1) is 12.0. The van der Waals surface area contributed by atoms with Crippen LogP contribution in [0.1, 0.15) is 23.5 Å². The third-order valence-corrected chi connectivity index (χ3v) is 4.41. The fourth-order valence-electron chi connectivity index (χ4n) is 3.09. The van der Waals surface area contributed by atoms with Crippen molar-refractivity contribution in [3.63, 3.8) is 0 Å². The fraction of sp³-hybridized carbons (Fsp3) is 0.278. The van der Waals surface area contributed by atoms with Crippen LogP contribution in [-0.2, 0) is 11.2 Å². The fourth-order valence-corrected chi connectivity index (χ4v) is 3.09. The maximum absolute atomic E-state index is 12.7. The van der Waals surface area contributed by atoms with Crippen molar-refractivity contribution in [2.24, 2.45) is 0 Å². The standard InChI is InChI=1S/C18H18N2O5/c1-24-12-5-3-11-4-7-14(15(11)9-12)18(21)19-16-8-6-13(25-2)10-17(16)20(22)23/h3,5-6,8-10,14H,4,7H2,1-2H3,(H,19,21)/t14-/m0/s1. The zero-order valence-electron chi connectivity index (χ0n) is 13.9.